The van der Waals surface area contributed by atoms with Crippen LogP contribution in [0.25, 0.3) is 0 Å². The molecule has 0 saturated carbocycles. The third-order valence-corrected chi connectivity index (χ3v) is 4.55. The molecule has 1 aliphatic rings. The summed E-state index contributed by atoms with van der Waals surface area (Å²) in [6.45, 7) is 0.798. The molecule has 0 radical (unpaired) electrons. The maximum absolute atomic E-state index is 12.2. The maximum atomic E-state index is 12.2. The molecule has 1 fully saturated rings. The van der Waals surface area contributed by atoms with Gasteiger partial charge >= 0.3 is 30.4 Å². The predicted octanol–water partition coefficient (Wildman–Crippen LogP) is 3.16. The average Bonchev–Trinajstić information content (AvgIpc) is 3.21. The van der Waals surface area contributed by atoms with E-state index < -0.39 is 36.0 Å². The van der Waals surface area contributed by atoms with Gasteiger partial charge in [0.2, 0.25) is 0 Å². The van der Waals surface area contributed by atoms with Crippen molar-refractivity contribution in [2.45, 2.75) is 31.0 Å². The van der Waals surface area contributed by atoms with Crippen molar-refractivity contribution in [1.29, 1.82) is 0 Å². The number of rotatable bonds is 3. The number of aliphatic hydroxyl groups is 1. The van der Waals surface area contributed by atoms with Crippen LogP contribution < -0.4 is 5.73 Å². The molecule has 1 unspecified atom stereocenters. The lowest BCUT2D eigenvalue weighted by Crippen LogP contribution is -2.35. The molecule has 1 aliphatic heterocycles. The smallest absolute Gasteiger partial charge is 0.475 e. The highest BCUT2D eigenvalue weighted by Gasteiger charge is 2.41. The van der Waals surface area contributed by atoms with Crippen molar-refractivity contribution in [3.05, 3.63) is 59.9 Å². The lowest BCUT2D eigenvalue weighted by atomic mass is 9.93. The number of β-amino-alcohol motifs (C(OH)–C–C–N with tert-alkyl or cyclic N) is 1. The molecule has 0 aliphatic carbocycles. The number of benzene rings is 1. The Kier molecular flexibility index (Phi) is 10.7. The number of nitrogen functional groups attached to an aromatic ring is 1. The molecule has 2 aromatic rings. The first-order chi connectivity index (χ1) is 17.0. The Bertz CT molecular complexity index is 1040. The van der Waals surface area contributed by atoms with Gasteiger partial charge in [-0.3, -0.25) is 4.98 Å². The molecule has 5 N–H and O–H groups in total. The van der Waals surface area contributed by atoms with Crippen LogP contribution in [0.5, 0.6) is 0 Å². The van der Waals surface area contributed by atoms with Crippen molar-refractivity contribution in [3.8, 4) is 0 Å². The monoisotopic (exact) mass is 541 g/mol. The number of aliphatic carboxylic acids is 2. The standard InChI is InChI=1S/C17H19N3O3.2C2HF3O2/c18-15-10-19-8-6-14(15)17(22)7-9-20(12-17)16(21)23-11-13-4-2-1-3-5-13;2*3-2(4,5)1(6)7/h1-6,8,10,22H,7,9,11-12,18H2;2*(H,6,7). The summed E-state index contributed by atoms with van der Waals surface area (Å²) >= 11 is 0. The zero-order valence-corrected chi connectivity index (χ0v) is 18.7. The van der Waals surface area contributed by atoms with Gasteiger partial charge in [0.15, 0.2) is 0 Å². The highest BCUT2D eigenvalue weighted by atomic mass is 19.4. The van der Waals surface area contributed by atoms with E-state index in [0.29, 0.717) is 24.2 Å². The first-order valence-corrected chi connectivity index (χ1v) is 9.95. The number of anilines is 1. The van der Waals surface area contributed by atoms with Crippen molar-refractivity contribution >= 4 is 23.7 Å². The molecule has 1 aromatic carbocycles. The summed E-state index contributed by atoms with van der Waals surface area (Å²) in [5, 5.41) is 25.0. The number of nitrogens with zero attached hydrogens (tertiary/aromatic N) is 2. The number of nitrogens with two attached hydrogens (primary N) is 1. The van der Waals surface area contributed by atoms with Crippen LogP contribution in [0.15, 0.2) is 48.8 Å². The lowest BCUT2D eigenvalue weighted by Gasteiger charge is -2.24. The molecule has 0 bridgehead atoms. The van der Waals surface area contributed by atoms with E-state index in [1.807, 2.05) is 30.3 Å². The summed E-state index contributed by atoms with van der Waals surface area (Å²) < 4.78 is 68.8. The Labute approximate surface area is 204 Å². The molecule has 37 heavy (non-hydrogen) atoms. The fraction of sp³-hybridized carbons (Fsp3) is 0.333. The number of hydrogen-bond donors (Lipinski definition) is 4. The molecule has 0 spiro atoms. The van der Waals surface area contributed by atoms with Crippen molar-refractivity contribution < 1.29 is 60.8 Å². The van der Waals surface area contributed by atoms with Crippen molar-refractivity contribution in [3.63, 3.8) is 0 Å². The first-order valence-electron chi connectivity index (χ1n) is 9.95. The minimum atomic E-state index is -5.08. The van der Waals surface area contributed by atoms with E-state index in [-0.39, 0.29) is 13.2 Å². The van der Waals surface area contributed by atoms with Gasteiger partial charge in [0.25, 0.3) is 0 Å². The zero-order chi connectivity index (χ0) is 28.4. The number of ether oxygens (including phenoxy) is 1. The number of amides is 1. The van der Waals surface area contributed by atoms with Gasteiger partial charge in [-0.25, -0.2) is 14.4 Å². The van der Waals surface area contributed by atoms with Crippen LogP contribution in [-0.4, -0.2) is 68.7 Å². The van der Waals surface area contributed by atoms with Crippen molar-refractivity contribution in [2.24, 2.45) is 0 Å². The number of pyridine rings is 1. The molecule has 10 nitrogen and oxygen atoms in total. The topological polar surface area (TPSA) is 163 Å². The molecule has 16 heteroatoms. The van der Waals surface area contributed by atoms with Crippen LogP contribution in [0, 0.1) is 0 Å². The number of alkyl halides is 6. The van der Waals surface area contributed by atoms with E-state index in [0.717, 1.165) is 5.56 Å². The number of carboxylic acids is 2. The van der Waals surface area contributed by atoms with Gasteiger partial charge in [-0.2, -0.15) is 26.3 Å². The Morgan fingerprint density at radius 2 is 1.51 bits per heavy atom. The highest BCUT2D eigenvalue weighted by Crippen LogP contribution is 2.35. The average molecular weight is 541 g/mol. The largest absolute Gasteiger partial charge is 0.490 e. The molecule has 1 aromatic heterocycles. The van der Waals surface area contributed by atoms with Gasteiger partial charge in [0.1, 0.15) is 12.2 Å². The zero-order valence-electron chi connectivity index (χ0n) is 18.7. The van der Waals surface area contributed by atoms with Crippen LogP contribution in [0.3, 0.4) is 0 Å². The summed E-state index contributed by atoms with van der Waals surface area (Å²) in [6, 6.07) is 11.2. The number of aromatic nitrogens is 1. The van der Waals surface area contributed by atoms with Crippen molar-refractivity contribution in [1.82, 2.24) is 9.88 Å². The van der Waals surface area contributed by atoms with Gasteiger partial charge in [-0.05, 0) is 18.1 Å². The summed E-state index contributed by atoms with van der Waals surface area (Å²) in [6.07, 6.45) is -7.09. The van der Waals surface area contributed by atoms with E-state index in [9.17, 15) is 36.2 Å². The van der Waals surface area contributed by atoms with Crippen LogP contribution in [0.2, 0.25) is 0 Å². The Morgan fingerprint density at radius 3 is 1.97 bits per heavy atom. The SMILES string of the molecule is Nc1cnccc1C1(O)CCN(C(=O)OCc2ccccc2)C1.O=C(O)C(F)(F)F.O=C(O)C(F)(F)F. The number of carboxylic acid groups (broad SMARTS) is 2. The summed E-state index contributed by atoms with van der Waals surface area (Å²) in [5.74, 6) is -5.51. The summed E-state index contributed by atoms with van der Waals surface area (Å²) in [7, 11) is 0. The number of likely N-dealkylation sites (tertiary alicyclic amines) is 1. The fourth-order valence-electron chi connectivity index (χ4n) is 2.81. The molecule has 1 saturated heterocycles. The molecule has 1 amide bonds. The molecular formula is C21H21F6N3O7. The second kappa shape index (κ2) is 12.8. The van der Waals surface area contributed by atoms with E-state index >= 15 is 0 Å². The van der Waals surface area contributed by atoms with Crippen molar-refractivity contribution in [2.75, 3.05) is 18.8 Å². The Balaban J connectivity index is 0.000000404. The molecule has 2 heterocycles. The van der Waals surface area contributed by atoms with Crippen LogP contribution in [0.1, 0.15) is 17.5 Å². The van der Waals surface area contributed by atoms with Gasteiger partial charge in [0, 0.05) is 18.3 Å². The normalized spacial score (nSPS) is 17.0. The summed E-state index contributed by atoms with van der Waals surface area (Å²) in [4.78, 5) is 35.4. The molecule has 1 atom stereocenters. The van der Waals surface area contributed by atoms with Crippen LogP contribution in [0.4, 0.5) is 36.8 Å². The van der Waals surface area contributed by atoms with E-state index in [4.69, 9.17) is 30.3 Å². The molecular weight excluding hydrogens is 520 g/mol. The minimum absolute atomic E-state index is 0.162. The van der Waals surface area contributed by atoms with Gasteiger partial charge < -0.3 is 30.7 Å². The first kappa shape index (κ1) is 31.0. The third-order valence-electron chi connectivity index (χ3n) is 4.55. The minimum Gasteiger partial charge on any atom is -0.475 e. The number of halogens is 6. The summed E-state index contributed by atoms with van der Waals surface area (Å²) in [5.41, 5.74) is 6.68. The number of carbonyl (C=O) groups excluding carboxylic acids is 1. The lowest BCUT2D eigenvalue weighted by molar-refractivity contribution is -0.193. The fourth-order valence-corrected chi connectivity index (χ4v) is 2.81. The Morgan fingerprint density at radius 1 is 1.00 bits per heavy atom. The van der Waals surface area contributed by atoms with Gasteiger partial charge in [-0.15, -0.1) is 0 Å². The van der Waals surface area contributed by atoms with Crippen LogP contribution >= 0.6 is 0 Å². The van der Waals surface area contributed by atoms with Crippen LogP contribution in [-0.2, 0) is 26.5 Å². The number of carbonyl (C=O) groups is 3. The maximum Gasteiger partial charge on any atom is 0.490 e. The van der Waals surface area contributed by atoms with E-state index in [2.05, 4.69) is 4.98 Å². The van der Waals surface area contributed by atoms with E-state index in [1.54, 1.807) is 12.3 Å². The third kappa shape index (κ3) is 10.2. The predicted molar refractivity (Wildman–Crippen MR) is 113 cm³/mol. The van der Waals surface area contributed by atoms with Gasteiger partial charge in [0.05, 0.1) is 18.4 Å². The molecule has 3 rings (SSSR count). The Hall–Kier alpha value is -4.08. The molecule has 204 valence electrons. The highest BCUT2D eigenvalue weighted by molar-refractivity contribution is 5.73. The quantitative estimate of drug-likeness (QED) is 0.428. The second-order valence-electron chi connectivity index (χ2n) is 7.31. The number of hydrogen-bond acceptors (Lipinski definition) is 7. The van der Waals surface area contributed by atoms with Gasteiger partial charge in [-0.1, -0.05) is 30.3 Å². The second-order valence-corrected chi connectivity index (χ2v) is 7.31. The van der Waals surface area contributed by atoms with E-state index in [1.165, 1.54) is 11.1 Å².